The summed E-state index contributed by atoms with van der Waals surface area (Å²) in [4.78, 5) is 17.7. The van der Waals surface area contributed by atoms with Gasteiger partial charge in [-0.1, -0.05) is 0 Å². The second-order valence-electron chi connectivity index (χ2n) is 2.95. The van der Waals surface area contributed by atoms with Crippen molar-refractivity contribution in [2.45, 2.75) is 6.92 Å². The van der Waals surface area contributed by atoms with Crippen LogP contribution in [0.25, 0.3) is 0 Å². The smallest absolute Gasteiger partial charge is 0.288 e. The zero-order valence-electron chi connectivity index (χ0n) is 7.94. The predicted octanol–water partition coefficient (Wildman–Crippen LogP) is 1.79. The average Bonchev–Trinajstić information content (AvgIpc) is 2.47. The van der Waals surface area contributed by atoms with Gasteiger partial charge in [0, 0.05) is 14.1 Å². The topological polar surface area (TPSA) is 32.7 Å². The summed E-state index contributed by atoms with van der Waals surface area (Å²) in [6, 6.07) is 1.92. The van der Waals surface area contributed by atoms with Crippen LogP contribution < -0.4 is 0 Å². The molecule has 0 aliphatic heterocycles. The Labute approximate surface area is 81.7 Å². The lowest BCUT2D eigenvalue weighted by Crippen LogP contribution is -2.09. The molecule has 1 heterocycles. The highest BCUT2D eigenvalue weighted by Crippen LogP contribution is 2.16. The second kappa shape index (κ2) is 4.18. The first kappa shape index (κ1) is 9.92. The van der Waals surface area contributed by atoms with Crippen molar-refractivity contribution in [1.82, 2.24) is 4.90 Å². The number of rotatable bonds is 2. The van der Waals surface area contributed by atoms with Crippen LogP contribution in [-0.2, 0) is 0 Å². The van der Waals surface area contributed by atoms with Crippen molar-refractivity contribution in [2.75, 3.05) is 14.1 Å². The molecule has 0 aliphatic carbocycles. The van der Waals surface area contributed by atoms with Crippen molar-refractivity contribution in [1.29, 1.82) is 0 Å². The van der Waals surface area contributed by atoms with Gasteiger partial charge in [0.05, 0.1) is 11.2 Å². The molecule has 0 N–H and O–H groups in total. The molecule has 1 amide bonds. The number of hydrogen-bond acceptors (Lipinski definition) is 2. The third-order valence-corrected chi connectivity index (χ3v) is 2.47. The van der Waals surface area contributed by atoms with E-state index in [1.807, 2.05) is 32.5 Å². The molecule has 0 unspecified atom stereocenters. The summed E-state index contributed by atoms with van der Waals surface area (Å²) >= 11 is 1.43. The summed E-state index contributed by atoms with van der Waals surface area (Å²) in [5.41, 5.74) is 0.992. The first-order valence-electron chi connectivity index (χ1n) is 3.90. The maximum Gasteiger partial charge on any atom is 0.288 e. The molecule has 0 saturated heterocycles. The Kier molecular flexibility index (Phi) is 3.19. The van der Waals surface area contributed by atoms with E-state index >= 15 is 0 Å². The van der Waals surface area contributed by atoms with Gasteiger partial charge in [0.2, 0.25) is 0 Å². The molecule has 1 aromatic heterocycles. The van der Waals surface area contributed by atoms with Crippen LogP contribution in [0.4, 0.5) is 0 Å². The number of thiophene rings is 1. The molecule has 0 radical (unpaired) electrons. The van der Waals surface area contributed by atoms with Gasteiger partial charge in [-0.25, -0.2) is 0 Å². The van der Waals surface area contributed by atoms with Crippen LogP contribution in [0.3, 0.4) is 0 Å². The molecule has 0 spiro atoms. The van der Waals surface area contributed by atoms with E-state index in [9.17, 15) is 4.79 Å². The highest BCUT2D eigenvalue weighted by molar-refractivity contribution is 7.12. The Morgan fingerprint density at radius 3 is 2.77 bits per heavy atom. The fraction of sp³-hybridized carbons (Fsp3) is 0.333. The molecular formula is C9H12N2OS. The van der Waals surface area contributed by atoms with Crippen molar-refractivity contribution in [2.24, 2.45) is 4.99 Å². The minimum absolute atomic E-state index is 0.166. The van der Waals surface area contributed by atoms with Crippen LogP contribution in [0, 0.1) is 6.92 Å². The molecule has 4 heteroatoms. The summed E-state index contributed by atoms with van der Waals surface area (Å²) in [5.74, 6) is -0.166. The molecule has 0 atom stereocenters. The van der Waals surface area contributed by atoms with Crippen molar-refractivity contribution < 1.29 is 4.79 Å². The highest BCUT2D eigenvalue weighted by Gasteiger charge is 2.07. The summed E-state index contributed by atoms with van der Waals surface area (Å²) in [6.45, 7) is 1.91. The van der Waals surface area contributed by atoms with E-state index in [4.69, 9.17) is 0 Å². The van der Waals surface area contributed by atoms with E-state index in [1.54, 1.807) is 4.90 Å². The fourth-order valence-corrected chi connectivity index (χ4v) is 1.63. The molecule has 70 valence electrons. The molecule has 1 aromatic rings. The number of amides is 1. The highest BCUT2D eigenvalue weighted by atomic mass is 32.1. The minimum Gasteiger partial charge on any atom is -0.369 e. The van der Waals surface area contributed by atoms with Gasteiger partial charge < -0.3 is 4.90 Å². The van der Waals surface area contributed by atoms with Gasteiger partial charge in [0.25, 0.3) is 5.91 Å². The van der Waals surface area contributed by atoms with E-state index < -0.39 is 0 Å². The van der Waals surface area contributed by atoms with E-state index in [1.165, 1.54) is 17.7 Å². The van der Waals surface area contributed by atoms with E-state index in [-0.39, 0.29) is 5.91 Å². The molecule has 0 fully saturated rings. The first-order valence-corrected chi connectivity index (χ1v) is 4.78. The predicted molar refractivity (Wildman–Crippen MR) is 55.6 cm³/mol. The minimum atomic E-state index is -0.166. The summed E-state index contributed by atoms with van der Waals surface area (Å²) in [6.07, 6.45) is 1.52. The van der Waals surface area contributed by atoms with Crippen molar-refractivity contribution in [3.05, 3.63) is 21.9 Å². The third-order valence-electron chi connectivity index (χ3n) is 1.46. The summed E-state index contributed by atoms with van der Waals surface area (Å²) < 4.78 is 0. The number of nitrogens with zero attached hydrogens (tertiary/aromatic N) is 2. The van der Waals surface area contributed by atoms with E-state index in [0.29, 0.717) is 0 Å². The van der Waals surface area contributed by atoms with E-state index in [0.717, 1.165) is 10.4 Å². The van der Waals surface area contributed by atoms with Crippen molar-refractivity contribution in [3.8, 4) is 0 Å². The molecule has 0 saturated carbocycles. The largest absolute Gasteiger partial charge is 0.369 e. The molecule has 0 aromatic carbocycles. The maximum absolute atomic E-state index is 11.4. The van der Waals surface area contributed by atoms with Crippen LogP contribution in [0.1, 0.15) is 15.2 Å². The molecule has 13 heavy (non-hydrogen) atoms. The number of hydrogen-bond donors (Lipinski definition) is 0. The quantitative estimate of drug-likeness (QED) is 0.533. The van der Waals surface area contributed by atoms with Gasteiger partial charge in [-0.15, -0.1) is 11.3 Å². The van der Waals surface area contributed by atoms with Crippen LogP contribution in [0.15, 0.2) is 16.4 Å². The number of carbonyl (C=O) groups excluding carboxylic acids is 1. The SMILES string of the molecule is Cc1ccsc1C(=O)N=CN(C)C. The Balaban J connectivity index is 2.75. The van der Waals surface area contributed by atoms with Gasteiger partial charge in [0.1, 0.15) is 0 Å². The lowest BCUT2D eigenvalue weighted by molar-refractivity contribution is 0.101. The van der Waals surface area contributed by atoms with Crippen molar-refractivity contribution in [3.63, 3.8) is 0 Å². The van der Waals surface area contributed by atoms with Gasteiger partial charge in [-0.05, 0) is 23.9 Å². The van der Waals surface area contributed by atoms with E-state index in [2.05, 4.69) is 4.99 Å². The molecule has 3 nitrogen and oxygen atoms in total. The number of carbonyl (C=O) groups is 1. The standard InChI is InChI=1S/C9H12N2OS/c1-7-4-5-13-8(7)9(12)10-6-11(2)3/h4-6H,1-3H3. The third kappa shape index (κ3) is 2.66. The Morgan fingerprint density at radius 2 is 2.31 bits per heavy atom. The average molecular weight is 196 g/mol. The lowest BCUT2D eigenvalue weighted by Gasteiger charge is -2.00. The van der Waals surface area contributed by atoms with Crippen LogP contribution in [-0.4, -0.2) is 31.2 Å². The molecular weight excluding hydrogens is 184 g/mol. The number of aryl methyl sites for hydroxylation is 1. The van der Waals surface area contributed by atoms with Crippen LogP contribution >= 0.6 is 11.3 Å². The van der Waals surface area contributed by atoms with Crippen molar-refractivity contribution >= 4 is 23.6 Å². The second-order valence-corrected chi connectivity index (χ2v) is 3.86. The zero-order chi connectivity index (χ0) is 9.84. The molecule has 0 aliphatic rings. The summed E-state index contributed by atoms with van der Waals surface area (Å²) in [7, 11) is 3.66. The zero-order valence-corrected chi connectivity index (χ0v) is 8.76. The maximum atomic E-state index is 11.4. The van der Waals surface area contributed by atoms with Gasteiger partial charge >= 0.3 is 0 Å². The summed E-state index contributed by atoms with van der Waals surface area (Å²) in [5, 5.41) is 1.90. The Hall–Kier alpha value is -1.16. The molecule has 1 rings (SSSR count). The fourth-order valence-electron chi connectivity index (χ4n) is 0.818. The molecule has 0 bridgehead atoms. The number of aliphatic imine (C=N–C) groups is 1. The Morgan fingerprint density at radius 1 is 1.62 bits per heavy atom. The Bertz CT molecular complexity index is 328. The first-order chi connectivity index (χ1) is 6.11. The van der Waals surface area contributed by atoms with Gasteiger partial charge in [-0.3, -0.25) is 4.79 Å². The monoisotopic (exact) mass is 196 g/mol. The normalized spacial score (nSPS) is 10.7. The lowest BCUT2D eigenvalue weighted by atomic mass is 10.3. The van der Waals surface area contributed by atoms with Crippen LogP contribution in [0.5, 0.6) is 0 Å². The van der Waals surface area contributed by atoms with Crippen LogP contribution in [0.2, 0.25) is 0 Å². The van der Waals surface area contributed by atoms with Gasteiger partial charge in [0.15, 0.2) is 0 Å². The van der Waals surface area contributed by atoms with Gasteiger partial charge in [-0.2, -0.15) is 4.99 Å².